The number of ether oxygens (including phenoxy) is 2. The predicted octanol–water partition coefficient (Wildman–Crippen LogP) is 5.46. The highest BCUT2D eigenvalue weighted by Crippen LogP contribution is 2.22. The van der Waals surface area contributed by atoms with Crippen molar-refractivity contribution in [3.8, 4) is 11.3 Å². The number of hydrogen-bond donors (Lipinski definition) is 3. The number of amides is 1. The average Bonchev–Trinajstić information content (AvgIpc) is 2.97. The maximum absolute atomic E-state index is 12.3. The molecule has 0 bridgehead atoms. The maximum atomic E-state index is 12.3. The lowest BCUT2D eigenvalue weighted by Gasteiger charge is -2.39. The highest BCUT2D eigenvalue weighted by atomic mass is 16.6. The molecule has 4 rings (SSSR count). The van der Waals surface area contributed by atoms with Crippen molar-refractivity contribution in [3.05, 3.63) is 60.4 Å². The normalized spacial score (nSPS) is 15.9. The molecule has 1 fully saturated rings. The molecule has 12 nitrogen and oxygen atoms in total. The van der Waals surface area contributed by atoms with Gasteiger partial charge < -0.3 is 25.4 Å². The summed E-state index contributed by atoms with van der Waals surface area (Å²) in [6.45, 7) is 18.2. The molecule has 1 unspecified atom stereocenters. The highest BCUT2D eigenvalue weighted by molar-refractivity contribution is 5.72. The van der Waals surface area contributed by atoms with Crippen LogP contribution in [0.5, 0.6) is 0 Å². The van der Waals surface area contributed by atoms with Gasteiger partial charge in [-0.25, -0.2) is 19.7 Å². The van der Waals surface area contributed by atoms with Gasteiger partial charge in [0.15, 0.2) is 0 Å². The lowest BCUT2D eigenvalue weighted by molar-refractivity contribution is -0.157. The van der Waals surface area contributed by atoms with E-state index < -0.39 is 17.3 Å². The van der Waals surface area contributed by atoms with E-state index >= 15 is 0 Å². The van der Waals surface area contributed by atoms with Crippen molar-refractivity contribution < 1.29 is 19.1 Å². The van der Waals surface area contributed by atoms with Gasteiger partial charge in [-0.3, -0.25) is 14.6 Å². The molecule has 0 aliphatic carbocycles. The number of piperazine rings is 1. The van der Waals surface area contributed by atoms with Gasteiger partial charge in [-0.1, -0.05) is 12.1 Å². The molecule has 254 valence electrons. The van der Waals surface area contributed by atoms with Crippen LogP contribution in [0, 0.1) is 0 Å². The SMILES string of the molecule is CC1CN(Cc2cccc(Nc3nccc(-c4ccc(NCCCNC(=O)OC(C)(C)C)nc4)n3)c2)CCN1CC(=O)OC(C)(C)C. The summed E-state index contributed by atoms with van der Waals surface area (Å²) in [7, 11) is 0. The summed E-state index contributed by atoms with van der Waals surface area (Å²) in [6, 6.07) is 14.3. The Morgan fingerprint density at radius 2 is 1.74 bits per heavy atom. The van der Waals surface area contributed by atoms with Gasteiger partial charge in [0.05, 0.1) is 12.2 Å². The van der Waals surface area contributed by atoms with E-state index in [1.54, 1.807) is 12.4 Å². The Morgan fingerprint density at radius 3 is 2.45 bits per heavy atom. The lowest BCUT2D eigenvalue weighted by atomic mass is 10.1. The molecule has 0 saturated carbocycles. The monoisotopic (exact) mass is 646 g/mol. The molecule has 1 atom stereocenters. The van der Waals surface area contributed by atoms with Crippen LogP contribution in [0.3, 0.4) is 0 Å². The van der Waals surface area contributed by atoms with Gasteiger partial charge in [0.2, 0.25) is 5.95 Å². The van der Waals surface area contributed by atoms with Crippen LogP contribution in [0.15, 0.2) is 54.9 Å². The molecule has 0 radical (unpaired) electrons. The van der Waals surface area contributed by atoms with E-state index in [9.17, 15) is 9.59 Å². The lowest BCUT2D eigenvalue weighted by Crippen LogP contribution is -2.53. The molecular weight excluding hydrogens is 596 g/mol. The van der Waals surface area contributed by atoms with Gasteiger partial charge in [0.25, 0.3) is 0 Å². The number of nitrogens with one attached hydrogen (secondary N) is 3. The fraction of sp³-hybridized carbons (Fsp3) is 0.514. The molecule has 12 heteroatoms. The molecule has 3 heterocycles. The summed E-state index contributed by atoms with van der Waals surface area (Å²) in [4.78, 5) is 42.4. The Labute approximate surface area is 278 Å². The van der Waals surface area contributed by atoms with Gasteiger partial charge >= 0.3 is 12.1 Å². The molecule has 2 aromatic heterocycles. The minimum atomic E-state index is -0.510. The first-order chi connectivity index (χ1) is 22.2. The molecule has 1 aliphatic heterocycles. The van der Waals surface area contributed by atoms with Crippen molar-refractivity contribution in [2.75, 3.05) is 49.9 Å². The maximum Gasteiger partial charge on any atom is 0.407 e. The Balaban J connectivity index is 1.25. The molecule has 0 spiro atoms. The zero-order valence-electron chi connectivity index (χ0n) is 28.8. The first-order valence-electron chi connectivity index (χ1n) is 16.3. The van der Waals surface area contributed by atoms with Crippen LogP contribution < -0.4 is 16.0 Å². The van der Waals surface area contributed by atoms with E-state index in [0.717, 1.165) is 55.4 Å². The average molecular weight is 647 g/mol. The minimum Gasteiger partial charge on any atom is -0.459 e. The third-order valence-corrected chi connectivity index (χ3v) is 7.23. The van der Waals surface area contributed by atoms with E-state index in [0.29, 0.717) is 25.6 Å². The summed E-state index contributed by atoms with van der Waals surface area (Å²) < 4.78 is 10.8. The van der Waals surface area contributed by atoms with Gasteiger partial charge in [-0.2, -0.15) is 0 Å². The molecule has 3 aromatic rings. The van der Waals surface area contributed by atoms with Gasteiger partial charge in [0.1, 0.15) is 17.0 Å². The second-order valence-electron chi connectivity index (χ2n) is 13.9. The number of hydrogen-bond acceptors (Lipinski definition) is 11. The number of aromatic nitrogens is 3. The summed E-state index contributed by atoms with van der Waals surface area (Å²) >= 11 is 0. The fourth-order valence-electron chi connectivity index (χ4n) is 5.16. The predicted molar refractivity (Wildman–Crippen MR) is 184 cm³/mol. The summed E-state index contributed by atoms with van der Waals surface area (Å²) in [5.41, 5.74) is 2.75. The van der Waals surface area contributed by atoms with Gasteiger partial charge in [-0.05, 0) is 90.8 Å². The number of benzene rings is 1. The quantitative estimate of drug-likeness (QED) is 0.171. The molecule has 1 aromatic carbocycles. The Morgan fingerprint density at radius 1 is 0.957 bits per heavy atom. The van der Waals surface area contributed by atoms with E-state index in [2.05, 4.69) is 54.8 Å². The summed E-state index contributed by atoms with van der Waals surface area (Å²) in [5, 5.41) is 9.37. The smallest absolute Gasteiger partial charge is 0.407 e. The fourth-order valence-corrected chi connectivity index (χ4v) is 5.16. The van der Waals surface area contributed by atoms with Crippen molar-refractivity contribution in [1.82, 2.24) is 30.1 Å². The van der Waals surface area contributed by atoms with Crippen LogP contribution in [0.2, 0.25) is 0 Å². The van der Waals surface area contributed by atoms with Crippen LogP contribution in [-0.4, -0.2) is 93.3 Å². The second-order valence-corrected chi connectivity index (χ2v) is 13.9. The number of esters is 1. The number of anilines is 3. The Hall–Kier alpha value is -4.29. The highest BCUT2D eigenvalue weighted by Gasteiger charge is 2.27. The number of carbonyl (C=O) groups excluding carboxylic acids is 2. The van der Waals surface area contributed by atoms with E-state index in [1.807, 2.05) is 71.9 Å². The number of rotatable bonds is 12. The molecule has 47 heavy (non-hydrogen) atoms. The molecule has 1 aliphatic rings. The molecule has 3 N–H and O–H groups in total. The van der Waals surface area contributed by atoms with Crippen LogP contribution in [0.4, 0.5) is 22.2 Å². The molecule has 1 saturated heterocycles. The van der Waals surface area contributed by atoms with Crippen LogP contribution in [0.1, 0.15) is 60.5 Å². The molecule has 1 amide bonds. The topological polar surface area (TPSA) is 134 Å². The van der Waals surface area contributed by atoms with Crippen LogP contribution in [-0.2, 0) is 20.8 Å². The Bertz CT molecular complexity index is 1470. The first-order valence-corrected chi connectivity index (χ1v) is 16.3. The summed E-state index contributed by atoms with van der Waals surface area (Å²) in [6.07, 6.45) is 3.83. The number of pyridine rings is 1. The number of alkyl carbamates (subject to hydrolysis) is 1. The van der Waals surface area contributed by atoms with Crippen molar-refractivity contribution in [2.45, 2.75) is 78.7 Å². The van der Waals surface area contributed by atoms with Crippen LogP contribution >= 0.6 is 0 Å². The standard InChI is InChI=1S/C35H50N8O4/c1-25-22-42(18-19-43(25)24-31(44)46-34(2,3)4)23-26-10-8-11-28(20-26)40-32-37-17-14-29(41-32)27-12-13-30(39-21-27)36-15-9-16-38-33(45)47-35(5,6)7/h8,10-14,17,20-21,25H,9,15-16,18-19,22-24H2,1-7H3,(H,36,39)(H,38,45)(H,37,40,41). The number of nitrogens with zero attached hydrogens (tertiary/aromatic N) is 5. The summed E-state index contributed by atoms with van der Waals surface area (Å²) in [5.74, 6) is 1.07. The van der Waals surface area contributed by atoms with E-state index in [-0.39, 0.29) is 12.0 Å². The first kappa shape index (κ1) is 35.6. The molecular formula is C35H50N8O4. The van der Waals surface area contributed by atoms with Gasteiger partial charge in [-0.15, -0.1) is 0 Å². The second kappa shape index (κ2) is 16.0. The third kappa shape index (κ3) is 12.4. The van der Waals surface area contributed by atoms with E-state index in [4.69, 9.17) is 14.5 Å². The van der Waals surface area contributed by atoms with E-state index in [1.165, 1.54) is 5.56 Å². The number of carbonyl (C=O) groups is 2. The van der Waals surface area contributed by atoms with Crippen molar-refractivity contribution in [2.24, 2.45) is 0 Å². The Kier molecular flexibility index (Phi) is 12.1. The van der Waals surface area contributed by atoms with Crippen molar-refractivity contribution >= 4 is 29.5 Å². The van der Waals surface area contributed by atoms with Crippen LogP contribution in [0.25, 0.3) is 11.3 Å². The zero-order chi connectivity index (χ0) is 34.0. The zero-order valence-corrected chi connectivity index (χ0v) is 28.8. The third-order valence-electron chi connectivity index (χ3n) is 7.23. The largest absolute Gasteiger partial charge is 0.459 e. The minimum absolute atomic E-state index is 0.175. The van der Waals surface area contributed by atoms with Crippen molar-refractivity contribution in [3.63, 3.8) is 0 Å². The van der Waals surface area contributed by atoms with Crippen molar-refractivity contribution in [1.29, 1.82) is 0 Å². The van der Waals surface area contributed by atoms with Gasteiger partial charge in [0, 0.05) is 69.0 Å².